The van der Waals surface area contributed by atoms with Gasteiger partial charge < -0.3 is 5.73 Å². The Morgan fingerprint density at radius 2 is 1.85 bits per heavy atom. The van der Waals surface area contributed by atoms with E-state index < -0.39 is 0 Å². The van der Waals surface area contributed by atoms with Gasteiger partial charge in [-0.3, -0.25) is 0 Å². The molecular formula is C18H13F2N5S. The minimum atomic E-state index is -0.341. The number of thiazole rings is 1. The van der Waals surface area contributed by atoms with Crippen molar-refractivity contribution in [1.82, 2.24) is 20.0 Å². The molecule has 0 aliphatic heterocycles. The van der Waals surface area contributed by atoms with Gasteiger partial charge in [0.25, 0.3) is 0 Å². The lowest BCUT2D eigenvalue weighted by atomic mass is 10.2. The summed E-state index contributed by atoms with van der Waals surface area (Å²) < 4.78 is 28.2. The van der Waals surface area contributed by atoms with E-state index in [0.29, 0.717) is 27.6 Å². The van der Waals surface area contributed by atoms with Gasteiger partial charge in [-0.1, -0.05) is 11.3 Å². The smallest absolute Gasteiger partial charge is 0.165 e. The van der Waals surface area contributed by atoms with Crippen molar-refractivity contribution in [3.8, 4) is 27.6 Å². The topological polar surface area (TPSA) is 69.6 Å². The Morgan fingerprint density at radius 1 is 1.08 bits per heavy atom. The number of aryl methyl sites for hydroxylation is 1. The molecule has 4 rings (SSSR count). The lowest BCUT2D eigenvalue weighted by molar-refractivity contribution is 0.615. The molecule has 4 aromatic rings. The number of anilines is 1. The number of rotatable bonds is 3. The molecule has 0 unspecified atom stereocenters. The highest BCUT2D eigenvalue weighted by Gasteiger charge is 2.17. The summed E-state index contributed by atoms with van der Waals surface area (Å²) in [5, 5.41) is 10.5. The Balaban J connectivity index is 1.70. The van der Waals surface area contributed by atoms with Gasteiger partial charge in [0, 0.05) is 10.9 Å². The second-order valence-corrected chi connectivity index (χ2v) is 6.57. The number of aromatic nitrogens is 4. The third kappa shape index (κ3) is 2.84. The molecule has 0 atom stereocenters. The van der Waals surface area contributed by atoms with Crippen LogP contribution in [0.1, 0.15) is 5.56 Å². The van der Waals surface area contributed by atoms with E-state index in [4.69, 9.17) is 5.73 Å². The Kier molecular flexibility index (Phi) is 3.96. The molecule has 0 amide bonds. The van der Waals surface area contributed by atoms with Gasteiger partial charge in [0.1, 0.15) is 16.6 Å². The molecule has 130 valence electrons. The predicted octanol–water partition coefficient (Wildman–Crippen LogP) is 4.23. The molecule has 2 aromatic carbocycles. The molecule has 5 nitrogen and oxygen atoms in total. The fourth-order valence-corrected chi connectivity index (χ4v) is 3.30. The summed E-state index contributed by atoms with van der Waals surface area (Å²) in [6, 6.07) is 10.8. The molecule has 8 heteroatoms. The van der Waals surface area contributed by atoms with Crippen LogP contribution in [0.5, 0.6) is 0 Å². The standard InChI is InChI=1S/C18H13F2N5S/c1-10-2-7-13(8-14(10)20)25-17(21)16(23-24-25)18-22-15(9-26-18)11-3-5-12(19)6-4-11/h2-9H,21H2,1H3. The second-order valence-electron chi connectivity index (χ2n) is 5.71. The summed E-state index contributed by atoms with van der Waals surface area (Å²) in [5.41, 5.74) is 9.09. The maximum absolute atomic E-state index is 13.8. The van der Waals surface area contributed by atoms with E-state index >= 15 is 0 Å². The number of hydrogen-bond acceptors (Lipinski definition) is 5. The van der Waals surface area contributed by atoms with Gasteiger partial charge in [-0.05, 0) is 48.9 Å². The molecule has 0 saturated heterocycles. The molecule has 2 aromatic heterocycles. The average Bonchev–Trinajstić information content (AvgIpc) is 3.25. The normalized spacial score (nSPS) is 11.0. The predicted molar refractivity (Wildman–Crippen MR) is 97.0 cm³/mol. The Hall–Kier alpha value is -3.13. The maximum atomic E-state index is 13.8. The van der Waals surface area contributed by atoms with Crippen molar-refractivity contribution in [2.75, 3.05) is 5.73 Å². The molecule has 0 fully saturated rings. The van der Waals surface area contributed by atoms with Gasteiger partial charge in [-0.15, -0.1) is 16.4 Å². The molecule has 2 heterocycles. The fourth-order valence-electron chi connectivity index (χ4n) is 2.48. The van der Waals surface area contributed by atoms with Crippen LogP contribution >= 0.6 is 11.3 Å². The summed E-state index contributed by atoms with van der Waals surface area (Å²) in [4.78, 5) is 4.51. The summed E-state index contributed by atoms with van der Waals surface area (Å²) in [7, 11) is 0. The average molecular weight is 369 g/mol. The Labute approximate surface area is 151 Å². The van der Waals surface area contributed by atoms with Gasteiger partial charge in [-0.25, -0.2) is 13.8 Å². The van der Waals surface area contributed by atoms with Crippen LogP contribution in [0.2, 0.25) is 0 Å². The summed E-state index contributed by atoms with van der Waals surface area (Å²) in [5.74, 6) is -0.373. The second kappa shape index (κ2) is 6.30. The van der Waals surface area contributed by atoms with Crippen molar-refractivity contribution in [3.63, 3.8) is 0 Å². The van der Waals surface area contributed by atoms with Crippen molar-refractivity contribution >= 4 is 17.2 Å². The third-order valence-corrected chi connectivity index (χ3v) is 4.80. The minimum absolute atomic E-state index is 0.272. The first-order valence-electron chi connectivity index (χ1n) is 7.72. The lowest BCUT2D eigenvalue weighted by Crippen LogP contribution is -2.03. The van der Waals surface area contributed by atoms with Crippen LogP contribution in [0.4, 0.5) is 14.6 Å². The van der Waals surface area contributed by atoms with Crippen LogP contribution in [-0.4, -0.2) is 20.0 Å². The zero-order chi connectivity index (χ0) is 18.3. The number of nitrogens with two attached hydrogens (primary N) is 1. The van der Waals surface area contributed by atoms with Crippen LogP contribution in [0.3, 0.4) is 0 Å². The highest BCUT2D eigenvalue weighted by molar-refractivity contribution is 7.13. The molecule has 0 aliphatic carbocycles. The van der Waals surface area contributed by atoms with Crippen molar-refractivity contribution in [3.05, 3.63) is 65.0 Å². The summed E-state index contributed by atoms with van der Waals surface area (Å²) >= 11 is 1.36. The van der Waals surface area contributed by atoms with E-state index in [1.807, 2.05) is 5.38 Å². The van der Waals surface area contributed by atoms with Crippen LogP contribution in [-0.2, 0) is 0 Å². The van der Waals surface area contributed by atoms with Crippen LogP contribution < -0.4 is 5.73 Å². The largest absolute Gasteiger partial charge is 0.382 e. The number of nitrogens with zero attached hydrogens (tertiary/aromatic N) is 4. The quantitative estimate of drug-likeness (QED) is 0.587. The van der Waals surface area contributed by atoms with E-state index in [9.17, 15) is 8.78 Å². The molecule has 0 saturated carbocycles. The van der Waals surface area contributed by atoms with Gasteiger partial charge in [0.2, 0.25) is 0 Å². The van der Waals surface area contributed by atoms with Gasteiger partial charge in [0.05, 0.1) is 11.4 Å². The Morgan fingerprint density at radius 3 is 2.58 bits per heavy atom. The van der Waals surface area contributed by atoms with E-state index in [1.54, 1.807) is 31.2 Å². The van der Waals surface area contributed by atoms with Crippen LogP contribution in [0.25, 0.3) is 27.6 Å². The maximum Gasteiger partial charge on any atom is 0.165 e. The number of hydrogen-bond donors (Lipinski definition) is 1. The van der Waals surface area contributed by atoms with Crippen LogP contribution in [0, 0.1) is 18.6 Å². The Bertz CT molecular complexity index is 1090. The number of halogens is 2. The first-order valence-corrected chi connectivity index (χ1v) is 8.60. The zero-order valence-electron chi connectivity index (χ0n) is 13.6. The highest BCUT2D eigenvalue weighted by atomic mass is 32.1. The molecule has 0 bridgehead atoms. The molecule has 0 radical (unpaired) electrons. The number of nitrogen functional groups attached to an aromatic ring is 1. The first-order chi connectivity index (χ1) is 12.5. The minimum Gasteiger partial charge on any atom is -0.382 e. The van der Waals surface area contributed by atoms with Crippen molar-refractivity contribution < 1.29 is 8.78 Å². The third-order valence-electron chi connectivity index (χ3n) is 3.95. The van der Waals surface area contributed by atoms with Crippen molar-refractivity contribution in [2.45, 2.75) is 6.92 Å². The summed E-state index contributed by atoms with van der Waals surface area (Å²) in [6.07, 6.45) is 0. The number of benzene rings is 2. The van der Waals surface area contributed by atoms with Gasteiger partial charge in [0.15, 0.2) is 11.5 Å². The van der Waals surface area contributed by atoms with Crippen molar-refractivity contribution in [2.24, 2.45) is 0 Å². The SMILES string of the molecule is Cc1ccc(-n2nnc(-c3nc(-c4ccc(F)cc4)cs3)c2N)cc1F. The van der Waals surface area contributed by atoms with E-state index in [0.717, 1.165) is 5.56 Å². The lowest BCUT2D eigenvalue weighted by Gasteiger charge is -2.04. The van der Waals surface area contributed by atoms with Gasteiger partial charge in [-0.2, -0.15) is 4.68 Å². The molecule has 0 aliphatic rings. The van der Waals surface area contributed by atoms with Crippen LogP contribution in [0.15, 0.2) is 47.8 Å². The summed E-state index contributed by atoms with van der Waals surface area (Å²) in [6.45, 7) is 1.68. The molecule has 0 spiro atoms. The van der Waals surface area contributed by atoms with E-state index in [-0.39, 0.29) is 17.5 Å². The van der Waals surface area contributed by atoms with E-state index in [1.165, 1.54) is 34.2 Å². The zero-order valence-corrected chi connectivity index (χ0v) is 14.5. The van der Waals surface area contributed by atoms with Gasteiger partial charge >= 0.3 is 0 Å². The fraction of sp³-hybridized carbons (Fsp3) is 0.0556. The highest BCUT2D eigenvalue weighted by Crippen LogP contribution is 2.31. The van der Waals surface area contributed by atoms with E-state index in [2.05, 4.69) is 15.3 Å². The first kappa shape index (κ1) is 16.3. The molecular weight excluding hydrogens is 356 g/mol. The monoisotopic (exact) mass is 369 g/mol. The molecule has 26 heavy (non-hydrogen) atoms. The van der Waals surface area contributed by atoms with Crippen molar-refractivity contribution in [1.29, 1.82) is 0 Å². The molecule has 2 N–H and O–H groups in total.